The number of anilines is 3. The number of benzene rings is 3. The van der Waals surface area contributed by atoms with Gasteiger partial charge in [-0.2, -0.15) is 4.90 Å². The highest BCUT2D eigenvalue weighted by Crippen LogP contribution is 2.65. The molecule has 268 valence electrons. The highest BCUT2D eigenvalue weighted by Gasteiger charge is 2.67. The number of amides is 4. The van der Waals surface area contributed by atoms with Crippen LogP contribution in [0, 0.1) is 30.3 Å². The summed E-state index contributed by atoms with van der Waals surface area (Å²) in [5.41, 5.74) is -4.39. The van der Waals surface area contributed by atoms with Crippen LogP contribution in [0.3, 0.4) is 0 Å². The second-order valence-corrected chi connectivity index (χ2v) is 15.7. The van der Waals surface area contributed by atoms with Gasteiger partial charge in [0.1, 0.15) is 27.0 Å². The van der Waals surface area contributed by atoms with E-state index in [9.17, 15) is 19.2 Å². The number of imide groups is 1. The Morgan fingerprint density at radius 3 is 1.92 bits per heavy atom. The summed E-state index contributed by atoms with van der Waals surface area (Å²) in [6.45, 7) is 10.1. The molecule has 2 N–H and O–H groups in total. The lowest BCUT2D eigenvalue weighted by atomic mass is 10.1. The largest absolute Gasteiger partial charge is 0.443 e. The van der Waals surface area contributed by atoms with Gasteiger partial charge in [0.05, 0.1) is 21.7 Å². The molecule has 4 amide bonds. The maximum atomic E-state index is 16.0. The molecule has 0 bridgehead atoms. The smallest absolute Gasteiger partial charge is 0.424 e. The number of hydrogen-bond acceptors (Lipinski definition) is 6. The fraction of sp³-hybridized carbons (Fsp3) is 0.353. The zero-order valence-electron chi connectivity index (χ0n) is 27.7. The van der Waals surface area contributed by atoms with E-state index in [0.717, 1.165) is 18.2 Å². The molecule has 0 aliphatic heterocycles. The van der Waals surface area contributed by atoms with Crippen molar-refractivity contribution in [3.05, 3.63) is 86.7 Å². The number of nitrogens with one attached hydrogen (secondary N) is 2. The highest BCUT2D eigenvalue weighted by atomic mass is 35.5. The number of hydrogen-bond donors (Lipinski definition) is 2. The van der Waals surface area contributed by atoms with Gasteiger partial charge in [-0.25, -0.2) is 22.8 Å². The second kappa shape index (κ2) is 14.1. The average Bonchev–Trinajstić information content (AvgIpc) is 3.55. The Kier molecular flexibility index (Phi) is 11.0. The van der Waals surface area contributed by atoms with Crippen LogP contribution in [0.5, 0.6) is 0 Å². The number of carbonyl (C=O) groups is 4. The molecule has 0 unspecified atom stereocenters. The summed E-state index contributed by atoms with van der Waals surface area (Å²) in [5, 5.41) is 5.21. The summed E-state index contributed by atoms with van der Waals surface area (Å²) >= 11 is 24.9. The molecular formula is C34H32Cl4F3N3O6. The van der Waals surface area contributed by atoms with Gasteiger partial charge in [0.25, 0.3) is 5.91 Å². The molecule has 50 heavy (non-hydrogen) atoms. The minimum atomic E-state index is -1.54. The Labute approximate surface area is 306 Å². The Bertz CT molecular complexity index is 1870. The fourth-order valence-electron chi connectivity index (χ4n) is 4.88. The molecule has 1 aliphatic rings. The predicted octanol–water partition coefficient (Wildman–Crippen LogP) is 10.2. The summed E-state index contributed by atoms with van der Waals surface area (Å²) in [4.78, 5) is 52.8. The number of nitrogens with zero attached hydrogens (tertiary/aromatic N) is 1. The van der Waals surface area contributed by atoms with E-state index in [1.165, 1.54) is 60.6 Å². The van der Waals surface area contributed by atoms with Crippen LogP contribution < -0.4 is 15.5 Å². The van der Waals surface area contributed by atoms with Crippen molar-refractivity contribution in [3.8, 4) is 0 Å². The van der Waals surface area contributed by atoms with Crippen LogP contribution in [0.15, 0.2) is 42.5 Å². The van der Waals surface area contributed by atoms with Crippen LogP contribution in [0.25, 0.3) is 0 Å². The molecule has 4 rings (SSSR count). The topological polar surface area (TPSA) is 114 Å². The summed E-state index contributed by atoms with van der Waals surface area (Å²) < 4.78 is 55.1. The van der Waals surface area contributed by atoms with E-state index in [1.807, 2.05) is 0 Å². The van der Waals surface area contributed by atoms with E-state index in [1.54, 1.807) is 6.07 Å². The molecule has 3 aromatic rings. The molecule has 1 fully saturated rings. The van der Waals surface area contributed by atoms with E-state index in [0.29, 0.717) is 11.6 Å². The number of alkyl halides is 2. The molecule has 3 aromatic carbocycles. The zero-order valence-corrected chi connectivity index (χ0v) is 30.8. The van der Waals surface area contributed by atoms with E-state index in [2.05, 4.69) is 10.6 Å². The predicted molar refractivity (Wildman–Crippen MR) is 186 cm³/mol. The van der Waals surface area contributed by atoms with Crippen LogP contribution in [-0.2, 0) is 14.3 Å². The molecule has 16 heteroatoms. The van der Waals surface area contributed by atoms with E-state index in [-0.39, 0.29) is 31.8 Å². The molecule has 0 radical (unpaired) electrons. The van der Waals surface area contributed by atoms with Crippen molar-refractivity contribution < 1.29 is 41.8 Å². The van der Waals surface area contributed by atoms with Crippen molar-refractivity contribution in [1.82, 2.24) is 0 Å². The quantitative estimate of drug-likeness (QED) is 0.241. The van der Waals surface area contributed by atoms with Gasteiger partial charge in [0, 0.05) is 17.2 Å². The van der Waals surface area contributed by atoms with Crippen molar-refractivity contribution in [2.45, 2.75) is 69.9 Å². The maximum absolute atomic E-state index is 16.0. The van der Waals surface area contributed by atoms with Gasteiger partial charge in [-0.1, -0.05) is 29.3 Å². The van der Waals surface area contributed by atoms with Crippen LogP contribution in [-0.4, -0.2) is 39.5 Å². The standard InChI is InChI=1S/C34H32Cl4F3N3O6/c1-15-18(13-17(14-22(15)40)42-29(46)25-24(34(25,37)38)16-8-9-19(35)20(36)12-16)28(45)43-23-11-10-21(39)27(26(23)41)44(30(47)49-32(2,3)4)31(48)50-33(5,6)7/h8-14,24-25H,1-7H3,(H,42,46)(H,43,45)/t24-,25+/m0/s1. The third-order valence-corrected chi connectivity index (χ3v) is 8.87. The second-order valence-electron chi connectivity index (χ2n) is 13.4. The van der Waals surface area contributed by atoms with E-state index >= 15 is 13.2 Å². The van der Waals surface area contributed by atoms with Crippen LogP contribution in [0.2, 0.25) is 10.0 Å². The molecular weight excluding hydrogens is 745 g/mol. The first-order chi connectivity index (χ1) is 22.9. The monoisotopic (exact) mass is 775 g/mol. The summed E-state index contributed by atoms with van der Waals surface area (Å²) in [7, 11) is 0. The summed E-state index contributed by atoms with van der Waals surface area (Å²) in [5.74, 6) is -7.27. The fourth-order valence-corrected chi connectivity index (χ4v) is 6.02. The molecule has 0 spiro atoms. The van der Waals surface area contributed by atoms with Gasteiger partial charge in [-0.3, -0.25) is 9.59 Å². The van der Waals surface area contributed by atoms with E-state index < -0.39 is 80.2 Å². The van der Waals surface area contributed by atoms with Gasteiger partial charge in [0.15, 0.2) is 11.6 Å². The first kappa shape index (κ1) is 39.1. The molecule has 2 atom stereocenters. The lowest BCUT2D eigenvalue weighted by Crippen LogP contribution is -2.44. The normalized spacial score (nSPS) is 16.7. The van der Waals surface area contributed by atoms with Gasteiger partial charge < -0.3 is 20.1 Å². The zero-order chi connectivity index (χ0) is 37.7. The first-order valence-electron chi connectivity index (χ1n) is 14.9. The lowest BCUT2D eigenvalue weighted by Gasteiger charge is -2.29. The third-order valence-electron chi connectivity index (χ3n) is 7.19. The lowest BCUT2D eigenvalue weighted by molar-refractivity contribution is -0.117. The van der Waals surface area contributed by atoms with Gasteiger partial charge >= 0.3 is 12.2 Å². The summed E-state index contributed by atoms with van der Waals surface area (Å²) in [6.07, 6.45) is -2.91. The van der Waals surface area contributed by atoms with Crippen molar-refractivity contribution in [2.24, 2.45) is 5.92 Å². The number of ether oxygens (including phenoxy) is 2. The van der Waals surface area contributed by atoms with Crippen molar-refractivity contribution in [2.75, 3.05) is 15.5 Å². The third kappa shape index (κ3) is 8.59. The molecule has 9 nitrogen and oxygen atoms in total. The van der Waals surface area contributed by atoms with Crippen LogP contribution in [0.1, 0.15) is 68.9 Å². The van der Waals surface area contributed by atoms with Gasteiger partial charge in [0.2, 0.25) is 5.91 Å². The van der Waals surface area contributed by atoms with Crippen molar-refractivity contribution >= 4 is 87.5 Å². The Morgan fingerprint density at radius 2 is 1.38 bits per heavy atom. The Morgan fingerprint density at radius 1 is 0.800 bits per heavy atom. The Hall–Kier alpha value is -3.71. The highest BCUT2D eigenvalue weighted by molar-refractivity contribution is 6.53. The van der Waals surface area contributed by atoms with Crippen molar-refractivity contribution in [3.63, 3.8) is 0 Å². The minimum absolute atomic E-state index is 0.0365. The average molecular weight is 777 g/mol. The molecule has 0 heterocycles. The molecule has 0 saturated heterocycles. The summed E-state index contributed by atoms with van der Waals surface area (Å²) in [6, 6.07) is 8.28. The number of halogens is 7. The first-order valence-corrected chi connectivity index (χ1v) is 16.4. The SMILES string of the molecule is Cc1c(F)cc(NC(=O)[C@H]2[C@H](c3ccc(Cl)c(Cl)c3)C2(Cl)Cl)cc1C(=O)Nc1ccc(F)c(N(C(=O)OC(C)(C)C)C(=O)OC(C)(C)C)c1F. The van der Waals surface area contributed by atoms with Gasteiger partial charge in [-0.05, 0) is 96.0 Å². The molecule has 1 saturated carbocycles. The minimum Gasteiger partial charge on any atom is -0.443 e. The van der Waals surface area contributed by atoms with Crippen LogP contribution in [0.4, 0.5) is 39.8 Å². The van der Waals surface area contributed by atoms with Gasteiger partial charge in [-0.15, -0.1) is 23.2 Å². The molecule has 1 aliphatic carbocycles. The number of rotatable bonds is 6. The van der Waals surface area contributed by atoms with Crippen molar-refractivity contribution in [1.29, 1.82) is 0 Å². The molecule has 0 aromatic heterocycles. The number of carbonyl (C=O) groups excluding carboxylic acids is 4. The maximum Gasteiger partial charge on any atom is 0.424 e. The van der Waals surface area contributed by atoms with Crippen LogP contribution >= 0.6 is 46.4 Å². The van der Waals surface area contributed by atoms with E-state index in [4.69, 9.17) is 55.9 Å². The Balaban J connectivity index is 1.63.